The van der Waals surface area contributed by atoms with E-state index in [0.717, 1.165) is 30.4 Å². The number of hydrogen-bond donors (Lipinski definition) is 2. The van der Waals surface area contributed by atoms with E-state index < -0.39 is 0 Å². The third-order valence-corrected chi connectivity index (χ3v) is 4.51. The second-order valence-corrected chi connectivity index (χ2v) is 6.21. The Balaban J connectivity index is 1.81. The summed E-state index contributed by atoms with van der Waals surface area (Å²) in [4.78, 5) is 12.2. The maximum Gasteiger partial charge on any atom is 0.253 e. The molecule has 1 aliphatic rings. The Kier molecular flexibility index (Phi) is 5.05. The van der Waals surface area contributed by atoms with Gasteiger partial charge in [-0.3, -0.25) is 4.79 Å². The number of carbonyl (C=O) groups is 1. The van der Waals surface area contributed by atoms with Gasteiger partial charge in [0.1, 0.15) is 0 Å². The molecule has 1 aromatic rings. The van der Waals surface area contributed by atoms with Crippen LogP contribution in [0.2, 0.25) is 0 Å². The van der Waals surface area contributed by atoms with Crippen LogP contribution in [0.3, 0.4) is 0 Å². The smallest absolute Gasteiger partial charge is 0.253 e. The van der Waals surface area contributed by atoms with Crippen LogP contribution < -0.4 is 11.1 Å². The average Bonchev–Trinajstić information content (AvgIpc) is 2.41. The maximum absolute atomic E-state index is 12.2. The number of aryl methyl sites for hydroxylation is 1. The molecule has 3 nitrogen and oxygen atoms in total. The molecule has 1 fully saturated rings. The van der Waals surface area contributed by atoms with Gasteiger partial charge in [0.2, 0.25) is 0 Å². The Hall–Kier alpha value is -1.51. The van der Waals surface area contributed by atoms with Gasteiger partial charge in [-0.1, -0.05) is 44.7 Å². The maximum atomic E-state index is 12.2. The Morgan fingerprint density at radius 3 is 2.65 bits per heavy atom. The number of hydrogen-bond acceptors (Lipinski definition) is 2. The number of anilines is 1. The molecule has 2 rings (SSSR count). The fraction of sp³-hybridized carbons (Fsp3) is 0.588. The highest BCUT2D eigenvalue weighted by atomic mass is 16.1. The van der Waals surface area contributed by atoms with Crippen molar-refractivity contribution < 1.29 is 4.79 Å². The molecule has 0 bridgehead atoms. The van der Waals surface area contributed by atoms with Gasteiger partial charge in [0, 0.05) is 12.2 Å². The summed E-state index contributed by atoms with van der Waals surface area (Å²) < 4.78 is 0. The Morgan fingerprint density at radius 1 is 1.30 bits per heavy atom. The molecule has 1 amide bonds. The van der Waals surface area contributed by atoms with Crippen molar-refractivity contribution in [3.8, 4) is 0 Å². The highest BCUT2D eigenvalue weighted by Gasteiger charge is 2.18. The third kappa shape index (κ3) is 3.75. The first-order chi connectivity index (χ1) is 9.58. The summed E-state index contributed by atoms with van der Waals surface area (Å²) in [6, 6.07) is 5.59. The van der Waals surface area contributed by atoms with E-state index in [-0.39, 0.29) is 5.91 Å². The number of rotatable bonds is 4. The molecule has 3 heteroatoms. The molecule has 0 heterocycles. The molecule has 0 aromatic heterocycles. The van der Waals surface area contributed by atoms with Gasteiger partial charge in [-0.25, -0.2) is 0 Å². The minimum absolute atomic E-state index is 0.0372. The van der Waals surface area contributed by atoms with Gasteiger partial charge < -0.3 is 11.1 Å². The molecular weight excluding hydrogens is 248 g/mol. The van der Waals surface area contributed by atoms with E-state index in [1.54, 1.807) is 6.07 Å². The molecule has 0 unspecified atom stereocenters. The summed E-state index contributed by atoms with van der Waals surface area (Å²) in [5.41, 5.74) is 8.02. The standard InChI is InChI=1S/C17H26N2O/c1-12-6-8-14(9-7-12)10-11-19-17(20)16-13(2)4-3-5-15(16)18/h3-5,12,14H,6-11,18H2,1-2H3,(H,19,20). The van der Waals surface area contributed by atoms with Crippen LogP contribution in [0.15, 0.2) is 18.2 Å². The molecule has 0 saturated heterocycles. The van der Waals surface area contributed by atoms with Crippen molar-refractivity contribution in [2.24, 2.45) is 11.8 Å². The number of amides is 1. The summed E-state index contributed by atoms with van der Waals surface area (Å²) in [5, 5.41) is 3.02. The summed E-state index contributed by atoms with van der Waals surface area (Å²) >= 11 is 0. The van der Waals surface area contributed by atoms with E-state index in [9.17, 15) is 4.79 Å². The fourth-order valence-corrected chi connectivity index (χ4v) is 3.10. The largest absolute Gasteiger partial charge is 0.398 e. The quantitative estimate of drug-likeness (QED) is 0.825. The zero-order valence-corrected chi connectivity index (χ0v) is 12.6. The van der Waals surface area contributed by atoms with E-state index in [0.29, 0.717) is 11.3 Å². The van der Waals surface area contributed by atoms with E-state index in [4.69, 9.17) is 5.73 Å². The highest BCUT2D eigenvalue weighted by molar-refractivity contribution is 6.00. The van der Waals surface area contributed by atoms with Gasteiger partial charge in [0.05, 0.1) is 5.56 Å². The van der Waals surface area contributed by atoms with E-state index in [1.165, 1.54) is 25.7 Å². The summed E-state index contributed by atoms with van der Waals surface area (Å²) in [6.45, 7) is 5.01. The first-order valence-electron chi connectivity index (χ1n) is 7.71. The van der Waals surface area contributed by atoms with Crippen LogP contribution in [0.1, 0.15) is 54.9 Å². The van der Waals surface area contributed by atoms with Gasteiger partial charge >= 0.3 is 0 Å². The van der Waals surface area contributed by atoms with Crippen LogP contribution in [0.25, 0.3) is 0 Å². The Bertz CT molecular complexity index is 442. The molecule has 1 saturated carbocycles. The predicted octanol–water partition coefficient (Wildman–Crippen LogP) is 3.52. The van der Waals surface area contributed by atoms with Crippen LogP contribution >= 0.6 is 0 Å². The van der Waals surface area contributed by atoms with Gasteiger partial charge in [-0.2, -0.15) is 0 Å². The zero-order chi connectivity index (χ0) is 14.5. The molecule has 20 heavy (non-hydrogen) atoms. The van der Waals surface area contributed by atoms with E-state index >= 15 is 0 Å². The first kappa shape index (κ1) is 14.9. The van der Waals surface area contributed by atoms with Crippen molar-refractivity contribution in [2.75, 3.05) is 12.3 Å². The van der Waals surface area contributed by atoms with Crippen LogP contribution in [0, 0.1) is 18.8 Å². The second kappa shape index (κ2) is 6.78. The molecule has 1 aliphatic carbocycles. The lowest BCUT2D eigenvalue weighted by Crippen LogP contribution is -2.28. The molecule has 3 N–H and O–H groups in total. The number of carbonyl (C=O) groups excluding carboxylic acids is 1. The molecule has 0 spiro atoms. The summed E-state index contributed by atoms with van der Waals surface area (Å²) in [6.07, 6.45) is 6.38. The van der Waals surface area contributed by atoms with Crippen LogP contribution in [-0.4, -0.2) is 12.5 Å². The third-order valence-electron chi connectivity index (χ3n) is 4.51. The summed E-state index contributed by atoms with van der Waals surface area (Å²) in [7, 11) is 0. The van der Waals surface area contributed by atoms with Crippen molar-refractivity contribution in [3.63, 3.8) is 0 Å². The van der Waals surface area contributed by atoms with Crippen LogP contribution in [-0.2, 0) is 0 Å². The van der Waals surface area contributed by atoms with Crippen molar-refractivity contribution in [3.05, 3.63) is 29.3 Å². The van der Waals surface area contributed by atoms with Gasteiger partial charge in [0.25, 0.3) is 5.91 Å². The number of nitrogens with one attached hydrogen (secondary N) is 1. The highest BCUT2D eigenvalue weighted by Crippen LogP contribution is 2.30. The molecule has 0 aliphatic heterocycles. The minimum atomic E-state index is -0.0372. The summed E-state index contributed by atoms with van der Waals surface area (Å²) in [5.74, 6) is 1.62. The lowest BCUT2D eigenvalue weighted by molar-refractivity contribution is 0.0950. The molecular formula is C17H26N2O. The Labute approximate surface area is 121 Å². The number of nitrogens with two attached hydrogens (primary N) is 1. The molecule has 1 aromatic carbocycles. The first-order valence-corrected chi connectivity index (χ1v) is 7.71. The fourth-order valence-electron chi connectivity index (χ4n) is 3.10. The van der Waals surface area contributed by atoms with Crippen molar-refractivity contribution >= 4 is 11.6 Å². The van der Waals surface area contributed by atoms with Gasteiger partial charge in [-0.15, -0.1) is 0 Å². The lowest BCUT2D eigenvalue weighted by Gasteiger charge is -2.26. The van der Waals surface area contributed by atoms with Crippen molar-refractivity contribution in [2.45, 2.75) is 46.0 Å². The monoisotopic (exact) mass is 274 g/mol. The van der Waals surface area contributed by atoms with Gasteiger partial charge in [0.15, 0.2) is 0 Å². The normalized spacial score (nSPS) is 22.5. The lowest BCUT2D eigenvalue weighted by atomic mass is 9.81. The van der Waals surface area contributed by atoms with Crippen LogP contribution in [0.4, 0.5) is 5.69 Å². The topological polar surface area (TPSA) is 55.1 Å². The number of benzene rings is 1. The average molecular weight is 274 g/mol. The van der Waals surface area contributed by atoms with Gasteiger partial charge in [-0.05, 0) is 36.8 Å². The van der Waals surface area contributed by atoms with Crippen LogP contribution in [0.5, 0.6) is 0 Å². The number of nitrogen functional groups attached to an aromatic ring is 1. The van der Waals surface area contributed by atoms with Crippen molar-refractivity contribution in [1.82, 2.24) is 5.32 Å². The van der Waals surface area contributed by atoms with E-state index in [2.05, 4.69) is 12.2 Å². The molecule has 0 atom stereocenters. The second-order valence-electron chi connectivity index (χ2n) is 6.21. The molecule has 0 radical (unpaired) electrons. The SMILES string of the molecule is Cc1cccc(N)c1C(=O)NCCC1CCC(C)CC1. The Morgan fingerprint density at radius 2 is 2.00 bits per heavy atom. The van der Waals surface area contributed by atoms with E-state index in [1.807, 2.05) is 19.1 Å². The minimum Gasteiger partial charge on any atom is -0.398 e. The van der Waals surface area contributed by atoms with Crippen molar-refractivity contribution in [1.29, 1.82) is 0 Å². The zero-order valence-electron chi connectivity index (χ0n) is 12.6. The predicted molar refractivity (Wildman–Crippen MR) is 83.7 cm³/mol. The molecule has 110 valence electrons.